The zero-order chi connectivity index (χ0) is 4.93. The summed E-state index contributed by atoms with van der Waals surface area (Å²) in [6, 6.07) is 0. The highest BCUT2D eigenvalue weighted by atomic mass is 14.9. The molecule has 0 heteroatoms. The van der Waals surface area contributed by atoms with Gasteiger partial charge >= 0.3 is 0 Å². The van der Waals surface area contributed by atoms with Crippen molar-refractivity contribution in [3.05, 3.63) is 0 Å². The number of hydrogen-bond acceptors (Lipinski definition) is 0. The van der Waals surface area contributed by atoms with Gasteiger partial charge in [-0.2, -0.15) is 0 Å². The molecule has 42 valence electrons. The molecule has 0 aromatic rings. The van der Waals surface area contributed by atoms with Crippen molar-refractivity contribution in [2.24, 2.45) is 29.1 Å². The van der Waals surface area contributed by atoms with Crippen LogP contribution in [0.3, 0.4) is 0 Å². The summed E-state index contributed by atoms with van der Waals surface area (Å²) in [7, 11) is 0. The second-order valence-electron chi connectivity index (χ2n) is 4.37. The van der Waals surface area contributed by atoms with Gasteiger partial charge in [0.15, 0.2) is 0 Å². The van der Waals surface area contributed by atoms with Crippen molar-refractivity contribution in [1.82, 2.24) is 0 Å². The summed E-state index contributed by atoms with van der Waals surface area (Å²) < 4.78 is 0. The summed E-state index contributed by atoms with van der Waals surface area (Å²) in [6.07, 6.45) is 4.93. The van der Waals surface area contributed by atoms with Gasteiger partial charge in [-0.3, -0.25) is 0 Å². The summed E-state index contributed by atoms with van der Waals surface area (Å²) in [5, 5.41) is 0. The van der Waals surface area contributed by atoms with E-state index in [0.29, 0.717) is 0 Å². The van der Waals surface area contributed by atoms with E-state index >= 15 is 0 Å². The molecule has 0 nitrogen and oxygen atoms in total. The fourth-order valence-electron chi connectivity index (χ4n) is 3.66. The number of rotatable bonds is 0. The highest BCUT2D eigenvalue weighted by molar-refractivity contribution is 5.36. The monoisotopic (exact) mass is 106 g/mol. The summed E-state index contributed by atoms with van der Waals surface area (Å²) in [5.41, 5.74) is 1.06. The van der Waals surface area contributed by atoms with Crippen LogP contribution in [0.5, 0.6) is 0 Å². The lowest BCUT2D eigenvalue weighted by Crippen LogP contribution is -1.92. The summed E-state index contributed by atoms with van der Waals surface area (Å²) >= 11 is 0. The third-order valence-corrected chi connectivity index (χ3v) is 4.34. The molecule has 1 spiro atoms. The van der Waals surface area contributed by atoms with E-state index < -0.39 is 0 Å². The van der Waals surface area contributed by atoms with Crippen LogP contribution in [-0.4, -0.2) is 0 Å². The molecule has 0 N–H and O–H groups in total. The molecule has 4 aliphatic carbocycles. The van der Waals surface area contributed by atoms with Gasteiger partial charge in [-0.1, -0.05) is 0 Å². The Morgan fingerprint density at radius 1 is 1.00 bits per heavy atom. The van der Waals surface area contributed by atoms with Crippen LogP contribution in [0.15, 0.2) is 0 Å². The van der Waals surface area contributed by atoms with E-state index in [1.807, 2.05) is 0 Å². The smallest absolute Gasteiger partial charge is 0.0201 e. The molecule has 0 heterocycles. The van der Waals surface area contributed by atoms with Crippen molar-refractivity contribution in [3.63, 3.8) is 0 Å². The SMILES string of the molecule is C1C2C3CC23C2C[C@H]12. The molecule has 0 aromatic carbocycles. The first-order chi connectivity index (χ1) is 3.93. The minimum atomic E-state index is 1.06. The lowest BCUT2D eigenvalue weighted by atomic mass is 10.0. The van der Waals surface area contributed by atoms with Gasteiger partial charge < -0.3 is 0 Å². The third kappa shape index (κ3) is 0.138. The lowest BCUT2D eigenvalue weighted by molar-refractivity contribution is 0.491. The molecule has 0 saturated heterocycles. The van der Waals surface area contributed by atoms with Crippen molar-refractivity contribution in [2.45, 2.75) is 19.3 Å². The zero-order valence-corrected chi connectivity index (χ0v) is 4.93. The van der Waals surface area contributed by atoms with E-state index in [9.17, 15) is 0 Å². The van der Waals surface area contributed by atoms with Crippen LogP contribution in [0.4, 0.5) is 0 Å². The average Bonchev–Trinajstić information content (AvgIpc) is 2.57. The molecule has 0 radical (unpaired) electrons. The molecule has 4 rings (SSSR count). The van der Waals surface area contributed by atoms with Gasteiger partial charge in [0, 0.05) is 0 Å². The van der Waals surface area contributed by atoms with Crippen LogP contribution in [0.25, 0.3) is 0 Å². The molecular formula is C8H10. The van der Waals surface area contributed by atoms with E-state index in [1.54, 1.807) is 19.3 Å². The Labute approximate surface area is 49.3 Å². The summed E-state index contributed by atoms with van der Waals surface area (Å²) in [4.78, 5) is 0. The van der Waals surface area contributed by atoms with Crippen molar-refractivity contribution >= 4 is 0 Å². The van der Waals surface area contributed by atoms with Crippen LogP contribution >= 0.6 is 0 Å². The molecule has 4 fully saturated rings. The van der Waals surface area contributed by atoms with Gasteiger partial charge in [-0.25, -0.2) is 0 Å². The first-order valence-corrected chi connectivity index (χ1v) is 3.93. The van der Waals surface area contributed by atoms with Gasteiger partial charge in [-0.15, -0.1) is 0 Å². The van der Waals surface area contributed by atoms with Crippen LogP contribution < -0.4 is 0 Å². The predicted octanol–water partition coefficient (Wildman–Crippen LogP) is 1.66. The van der Waals surface area contributed by atoms with Crippen molar-refractivity contribution in [3.8, 4) is 0 Å². The number of hydrogen-bond donors (Lipinski definition) is 0. The van der Waals surface area contributed by atoms with Crippen LogP contribution in [-0.2, 0) is 0 Å². The molecular weight excluding hydrogens is 96.1 g/mol. The average molecular weight is 106 g/mol. The molecule has 4 saturated carbocycles. The lowest BCUT2D eigenvalue weighted by Gasteiger charge is -1.99. The normalized spacial score (nSPS) is 87.0. The summed E-state index contributed by atoms with van der Waals surface area (Å²) in [5.74, 6) is 5.09. The van der Waals surface area contributed by atoms with Crippen molar-refractivity contribution in [2.75, 3.05) is 0 Å². The maximum Gasteiger partial charge on any atom is -0.0201 e. The van der Waals surface area contributed by atoms with E-state index in [0.717, 1.165) is 5.41 Å². The molecule has 4 aliphatic rings. The standard InChI is InChI=1S/C8H10/c1-4-2-6-7-3-8(6,7)5(1)4/h4-7H,1-3H2/t4-,5?,6?,7?,8?/m1/s1. The molecule has 0 aromatic heterocycles. The van der Waals surface area contributed by atoms with Crippen LogP contribution in [0.2, 0.25) is 0 Å². The maximum absolute atomic E-state index is 1.65. The Hall–Kier alpha value is 0. The van der Waals surface area contributed by atoms with E-state index in [4.69, 9.17) is 0 Å². The van der Waals surface area contributed by atoms with Crippen molar-refractivity contribution in [1.29, 1.82) is 0 Å². The minimum Gasteiger partial charge on any atom is -0.0465 e. The maximum atomic E-state index is 1.65. The highest BCUT2D eigenvalue weighted by Gasteiger charge is 2.88. The zero-order valence-electron chi connectivity index (χ0n) is 4.93. The second-order valence-corrected chi connectivity index (χ2v) is 4.37. The van der Waals surface area contributed by atoms with Gasteiger partial charge in [0.25, 0.3) is 0 Å². The Bertz CT molecular complexity index is 184. The Morgan fingerprint density at radius 3 is 2.38 bits per heavy atom. The Morgan fingerprint density at radius 2 is 1.88 bits per heavy atom. The van der Waals surface area contributed by atoms with Gasteiger partial charge in [0.1, 0.15) is 0 Å². The molecule has 4 unspecified atom stereocenters. The first kappa shape index (κ1) is 3.24. The van der Waals surface area contributed by atoms with E-state index in [1.165, 1.54) is 23.7 Å². The van der Waals surface area contributed by atoms with Gasteiger partial charge in [0.2, 0.25) is 0 Å². The molecule has 0 amide bonds. The minimum absolute atomic E-state index is 1.06. The second kappa shape index (κ2) is 0.571. The molecule has 5 atom stereocenters. The largest absolute Gasteiger partial charge is 0.0465 e. The van der Waals surface area contributed by atoms with Crippen LogP contribution in [0.1, 0.15) is 19.3 Å². The molecule has 0 bridgehead atoms. The quantitative estimate of drug-likeness (QED) is 0.440. The van der Waals surface area contributed by atoms with E-state index in [2.05, 4.69) is 0 Å². The van der Waals surface area contributed by atoms with Gasteiger partial charge in [-0.05, 0) is 48.3 Å². The Kier molecular flexibility index (Phi) is 0.231. The number of fused-ring (bicyclic) bond motifs is 2. The summed E-state index contributed by atoms with van der Waals surface area (Å²) in [6.45, 7) is 0. The third-order valence-electron chi connectivity index (χ3n) is 4.34. The predicted molar refractivity (Wildman–Crippen MR) is 30.2 cm³/mol. The fourth-order valence-corrected chi connectivity index (χ4v) is 3.66. The highest BCUT2D eigenvalue weighted by Crippen LogP contribution is 2.94. The van der Waals surface area contributed by atoms with E-state index in [-0.39, 0.29) is 0 Å². The topological polar surface area (TPSA) is 0 Å². The Balaban J connectivity index is 1.98. The fraction of sp³-hybridized carbons (Fsp3) is 1.00. The molecule has 8 heavy (non-hydrogen) atoms. The first-order valence-electron chi connectivity index (χ1n) is 3.93. The van der Waals surface area contributed by atoms with Gasteiger partial charge in [0.05, 0.1) is 0 Å². The molecule has 0 aliphatic heterocycles. The van der Waals surface area contributed by atoms with Crippen LogP contribution in [0, 0.1) is 29.1 Å². The van der Waals surface area contributed by atoms with Crippen molar-refractivity contribution < 1.29 is 0 Å².